The molecule has 1 aliphatic rings. The van der Waals surface area contributed by atoms with Crippen LogP contribution in [0.1, 0.15) is 25.8 Å². The fraction of sp³-hybridized carbons (Fsp3) is 0.409. The van der Waals surface area contributed by atoms with Gasteiger partial charge < -0.3 is 10.0 Å². The van der Waals surface area contributed by atoms with Crippen molar-refractivity contribution in [1.29, 1.82) is 0 Å². The zero-order chi connectivity index (χ0) is 26.3. The molecule has 13 heteroatoms. The summed E-state index contributed by atoms with van der Waals surface area (Å²) >= 11 is 0. The summed E-state index contributed by atoms with van der Waals surface area (Å²) in [5.74, 6) is -3.74. The number of carbonyl (C=O) groups is 1. The van der Waals surface area contributed by atoms with E-state index in [1.165, 1.54) is 22.9 Å². The van der Waals surface area contributed by atoms with E-state index < -0.39 is 63.0 Å². The average Bonchev–Trinajstić information content (AvgIpc) is 3.08. The predicted molar refractivity (Wildman–Crippen MR) is 114 cm³/mol. The normalized spacial score (nSPS) is 19.3. The van der Waals surface area contributed by atoms with Crippen molar-refractivity contribution < 1.29 is 44.7 Å². The Hall–Kier alpha value is -2.64. The number of amides is 1. The Kier molecular flexibility index (Phi) is 7.26. The van der Waals surface area contributed by atoms with Crippen LogP contribution in [0.5, 0.6) is 0 Å². The molecule has 192 valence electrons. The quantitative estimate of drug-likeness (QED) is 0.567. The lowest BCUT2D eigenvalue weighted by Gasteiger charge is -2.32. The summed E-state index contributed by atoms with van der Waals surface area (Å²) in [6.45, 7) is 2.10. The van der Waals surface area contributed by atoms with Crippen molar-refractivity contribution in [2.24, 2.45) is 0 Å². The highest BCUT2D eigenvalue weighted by atomic mass is 32.2. The number of carbonyl (C=O) groups excluding carboxylic acids is 1. The van der Waals surface area contributed by atoms with Crippen LogP contribution in [0, 0.1) is 17.5 Å². The van der Waals surface area contributed by atoms with Gasteiger partial charge in [-0.1, -0.05) is 18.2 Å². The van der Waals surface area contributed by atoms with Crippen LogP contribution in [0.3, 0.4) is 0 Å². The van der Waals surface area contributed by atoms with Gasteiger partial charge in [0.1, 0.15) is 23.1 Å². The number of halogens is 6. The number of benzene rings is 2. The zero-order valence-electron chi connectivity index (χ0n) is 18.5. The van der Waals surface area contributed by atoms with Crippen LogP contribution in [-0.2, 0) is 21.2 Å². The molecule has 0 unspecified atom stereocenters. The molecule has 2 aromatic carbocycles. The Morgan fingerprint density at radius 1 is 1.11 bits per heavy atom. The lowest BCUT2D eigenvalue weighted by atomic mass is 9.95. The molecule has 0 radical (unpaired) electrons. The maximum atomic E-state index is 15.4. The lowest BCUT2D eigenvalue weighted by molar-refractivity contribution is -0.148. The van der Waals surface area contributed by atoms with Crippen molar-refractivity contribution in [3.05, 3.63) is 59.4 Å². The van der Waals surface area contributed by atoms with Crippen LogP contribution < -0.4 is 4.72 Å². The molecule has 1 amide bonds. The SMILES string of the molecule is CC(C)(O)C(=O)N1CC[C@H](NS(=O)(=O)C(F)(F)F)[C@@H]1Cc1cccc(-c2cc(F)cc(F)c2)c1F. The van der Waals surface area contributed by atoms with Gasteiger partial charge >= 0.3 is 15.5 Å². The summed E-state index contributed by atoms with van der Waals surface area (Å²) in [6, 6.07) is 3.50. The molecule has 0 bridgehead atoms. The van der Waals surface area contributed by atoms with E-state index in [0.717, 1.165) is 30.9 Å². The highest BCUT2D eigenvalue weighted by molar-refractivity contribution is 7.90. The summed E-state index contributed by atoms with van der Waals surface area (Å²) in [4.78, 5) is 13.7. The first kappa shape index (κ1) is 27.0. The number of rotatable bonds is 6. The Balaban J connectivity index is 2.02. The molecule has 0 aromatic heterocycles. The second kappa shape index (κ2) is 9.43. The summed E-state index contributed by atoms with van der Waals surface area (Å²) in [6.07, 6.45) is -0.664. The molecule has 2 atom stereocenters. The first-order valence-electron chi connectivity index (χ1n) is 10.4. The van der Waals surface area contributed by atoms with Crippen molar-refractivity contribution in [1.82, 2.24) is 9.62 Å². The number of aliphatic hydroxyl groups is 1. The smallest absolute Gasteiger partial charge is 0.381 e. The molecular formula is C22H22F6N2O4S. The lowest BCUT2D eigenvalue weighted by Crippen LogP contribution is -2.54. The predicted octanol–water partition coefficient (Wildman–Crippen LogP) is 3.49. The van der Waals surface area contributed by atoms with Crippen LogP contribution in [0.4, 0.5) is 26.3 Å². The minimum Gasteiger partial charge on any atom is -0.381 e. The minimum absolute atomic E-state index is 0.132. The summed E-state index contributed by atoms with van der Waals surface area (Å²) in [5.41, 5.74) is -8.02. The van der Waals surface area contributed by atoms with Crippen molar-refractivity contribution in [3.63, 3.8) is 0 Å². The topological polar surface area (TPSA) is 86.7 Å². The highest BCUT2D eigenvalue weighted by Crippen LogP contribution is 2.32. The number of hydrogen-bond donors (Lipinski definition) is 2. The first-order valence-corrected chi connectivity index (χ1v) is 11.9. The van der Waals surface area contributed by atoms with Gasteiger partial charge in [-0.05, 0) is 49.9 Å². The maximum absolute atomic E-state index is 15.4. The molecule has 2 aromatic rings. The molecule has 1 fully saturated rings. The Morgan fingerprint density at radius 2 is 1.71 bits per heavy atom. The second-order valence-corrected chi connectivity index (χ2v) is 10.4. The van der Waals surface area contributed by atoms with Gasteiger partial charge in [-0.15, -0.1) is 0 Å². The number of nitrogens with one attached hydrogen (secondary N) is 1. The van der Waals surface area contributed by atoms with E-state index >= 15 is 4.39 Å². The van der Waals surface area contributed by atoms with Gasteiger partial charge in [0.05, 0.1) is 6.04 Å². The highest BCUT2D eigenvalue weighted by Gasteiger charge is 2.50. The van der Waals surface area contributed by atoms with Crippen molar-refractivity contribution in [3.8, 4) is 11.1 Å². The van der Waals surface area contributed by atoms with E-state index in [2.05, 4.69) is 0 Å². The molecule has 3 rings (SSSR count). The minimum atomic E-state index is -5.79. The summed E-state index contributed by atoms with van der Waals surface area (Å²) in [5, 5.41) is 10.1. The van der Waals surface area contributed by atoms with Gasteiger partial charge in [-0.3, -0.25) is 4.79 Å². The molecule has 1 saturated heterocycles. The average molecular weight is 524 g/mol. The Morgan fingerprint density at radius 3 is 2.26 bits per heavy atom. The largest absolute Gasteiger partial charge is 0.511 e. The van der Waals surface area contributed by atoms with Crippen LogP contribution in [-0.4, -0.2) is 54.1 Å². The zero-order valence-corrected chi connectivity index (χ0v) is 19.4. The van der Waals surface area contributed by atoms with Gasteiger partial charge in [0, 0.05) is 24.2 Å². The molecule has 0 aliphatic carbocycles. The molecule has 6 nitrogen and oxygen atoms in total. The standard InChI is InChI=1S/C22H22F6N2O4S/c1-21(2,32)20(31)30-7-6-17(29-35(33,34)22(26,27)28)18(30)10-12-4-3-5-16(19(12)25)13-8-14(23)11-15(24)9-13/h3-5,8-9,11,17-18,29,32H,6-7,10H2,1-2H3/t17-,18-/m0/s1. The third kappa shape index (κ3) is 5.78. The molecular weight excluding hydrogens is 502 g/mol. The van der Waals surface area contributed by atoms with Gasteiger partial charge in [-0.2, -0.15) is 13.2 Å². The van der Waals surface area contributed by atoms with Crippen LogP contribution in [0.25, 0.3) is 11.1 Å². The molecule has 1 heterocycles. The van der Waals surface area contributed by atoms with Gasteiger partial charge in [0.15, 0.2) is 0 Å². The van der Waals surface area contributed by atoms with E-state index in [-0.39, 0.29) is 29.7 Å². The number of nitrogens with zero attached hydrogens (tertiary/aromatic N) is 1. The van der Waals surface area contributed by atoms with Gasteiger partial charge in [-0.25, -0.2) is 26.3 Å². The van der Waals surface area contributed by atoms with Crippen molar-refractivity contribution in [2.75, 3.05) is 6.54 Å². The fourth-order valence-electron chi connectivity index (χ4n) is 4.01. The molecule has 0 saturated carbocycles. The van der Waals surface area contributed by atoms with E-state index in [9.17, 15) is 40.3 Å². The van der Waals surface area contributed by atoms with Crippen molar-refractivity contribution in [2.45, 2.75) is 49.9 Å². The third-order valence-electron chi connectivity index (χ3n) is 5.62. The second-order valence-electron chi connectivity index (χ2n) is 8.73. The molecule has 0 spiro atoms. The maximum Gasteiger partial charge on any atom is 0.511 e. The monoisotopic (exact) mass is 524 g/mol. The molecule has 35 heavy (non-hydrogen) atoms. The molecule has 1 aliphatic heterocycles. The van der Waals surface area contributed by atoms with Crippen molar-refractivity contribution >= 4 is 15.9 Å². The van der Waals surface area contributed by atoms with Crippen LogP contribution in [0.2, 0.25) is 0 Å². The fourth-order valence-corrected chi connectivity index (χ4v) is 4.82. The van der Waals surface area contributed by atoms with Gasteiger partial charge in [0.25, 0.3) is 5.91 Å². The Labute approximate surface area is 197 Å². The van der Waals surface area contributed by atoms with E-state index in [4.69, 9.17) is 0 Å². The summed E-state index contributed by atoms with van der Waals surface area (Å²) in [7, 11) is -5.79. The van der Waals surface area contributed by atoms with Crippen LogP contribution >= 0.6 is 0 Å². The number of hydrogen-bond acceptors (Lipinski definition) is 4. The number of likely N-dealkylation sites (tertiary alicyclic amines) is 1. The summed E-state index contributed by atoms with van der Waals surface area (Å²) < 4.78 is 107. The van der Waals surface area contributed by atoms with E-state index in [1.54, 1.807) is 0 Å². The van der Waals surface area contributed by atoms with Gasteiger partial charge in [0.2, 0.25) is 0 Å². The Bertz CT molecular complexity index is 1210. The first-order chi connectivity index (χ1) is 16.0. The van der Waals surface area contributed by atoms with Crippen LogP contribution in [0.15, 0.2) is 36.4 Å². The number of alkyl halides is 3. The molecule has 2 N–H and O–H groups in total. The number of sulfonamides is 1. The van der Waals surface area contributed by atoms with E-state index in [0.29, 0.717) is 6.07 Å². The van der Waals surface area contributed by atoms with E-state index in [1.807, 2.05) is 0 Å². The third-order valence-corrected chi connectivity index (χ3v) is 6.85.